The van der Waals surface area contributed by atoms with E-state index in [1.165, 1.54) is 0 Å². The van der Waals surface area contributed by atoms with Gasteiger partial charge in [-0.05, 0) is 0 Å². The van der Waals surface area contributed by atoms with E-state index < -0.39 is 0 Å². The van der Waals surface area contributed by atoms with Gasteiger partial charge in [-0.3, -0.25) is 4.79 Å². The topological polar surface area (TPSA) is 32.9 Å². The van der Waals surface area contributed by atoms with Gasteiger partial charge in [0.15, 0.2) is 0 Å². The van der Waals surface area contributed by atoms with Crippen molar-refractivity contribution >= 4 is 20.7 Å². The van der Waals surface area contributed by atoms with E-state index >= 15 is 0 Å². The highest BCUT2D eigenvalue weighted by atomic mass is 32.9. The van der Waals surface area contributed by atoms with Crippen LogP contribution in [0.3, 0.4) is 0 Å². The quantitative estimate of drug-likeness (QED) is 0.579. The zero-order valence-corrected chi connectivity index (χ0v) is 6.01. The summed E-state index contributed by atoms with van der Waals surface area (Å²) in [5, 5.41) is 1.95. The van der Waals surface area contributed by atoms with Crippen LogP contribution in [-0.2, 0) is 0 Å². The molecule has 2 heterocycles. The van der Waals surface area contributed by atoms with E-state index in [-0.39, 0.29) is 5.56 Å². The lowest BCUT2D eigenvalue weighted by molar-refractivity contribution is 1.33. The van der Waals surface area contributed by atoms with E-state index in [0.29, 0.717) is 0 Å². The Bertz CT molecular complexity index is 303. The maximum Gasteiger partial charge on any atom is 0.249 e. The van der Waals surface area contributed by atoms with Crippen molar-refractivity contribution in [3.8, 4) is 10.6 Å². The van der Waals surface area contributed by atoms with Crippen LogP contribution in [0.5, 0.6) is 0 Å². The third-order valence-corrected chi connectivity index (χ3v) is 3.15. The third-order valence-electron chi connectivity index (χ3n) is 1.09. The number of aromatic amines is 1. The summed E-state index contributed by atoms with van der Waals surface area (Å²) >= 11 is 0. The summed E-state index contributed by atoms with van der Waals surface area (Å²) in [5.74, 6) is 0. The molecule has 0 aromatic rings. The van der Waals surface area contributed by atoms with Crippen molar-refractivity contribution < 1.29 is 0 Å². The van der Waals surface area contributed by atoms with Gasteiger partial charge in [0.1, 0.15) is 0 Å². The first-order valence-electron chi connectivity index (χ1n) is 2.43. The van der Waals surface area contributed by atoms with Crippen molar-refractivity contribution in [2.75, 3.05) is 0 Å². The Morgan fingerprint density at radius 3 is 3.22 bits per heavy atom. The molecule has 0 fully saturated rings. The molecule has 2 nitrogen and oxygen atoms in total. The zero-order valence-electron chi connectivity index (χ0n) is 4.38. The fourth-order valence-corrected chi connectivity index (χ4v) is 2.73. The predicted molar refractivity (Wildman–Crippen MR) is 39.4 cm³/mol. The number of fused-ring (bicyclic) bond motifs is 1. The van der Waals surface area contributed by atoms with Crippen LogP contribution in [0.2, 0.25) is 0 Å². The van der Waals surface area contributed by atoms with Gasteiger partial charge in [0.05, 0.1) is 10.6 Å². The average molecular weight is 157 g/mol. The molecule has 0 aromatic carbocycles. The maximum atomic E-state index is 10.6. The maximum absolute atomic E-state index is 10.6. The van der Waals surface area contributed by atoms with Gasteiger partial charge < -0.3 is 4.98 Å². The molecule has 46 valence electrons. The molecule has 0 bridgehead atoms. The molecule has 1 N–H and O–H groups in total. The van der Waals surface area contributed by atoms with Gasteiger partial charge in [-0.1, -0.05) is 20.7 Å². The second kappa shape index (κ2) is 1.68. The molecule has 4 heteroatoms. The summed E-state index contributed by atoms with van der Waals surface area (Å²) in [6, 6.07) is 1.62. The Hall–Kier alpha value is -0.610. The highest BCUT2D eigenvalue weighted by Gasteiger charge is 2.04. The lowest BCUT2D eigenvalue weighted by Crippen LogP contribution is -1.92. The summed E-state index contributed by atoms with van der Waals surface area (Å²) in [5.41, 5.74) is 0.971. The van der Waals surface area contributed by atoms with Crippen molar-refractivity contribution in [1.82, 2.24) is 4.98 Å². The lowest BCUT2D eigenvalue weighted by Gasteiger charge is -1.75. The first kappa shape index (κ1) is 5.20. The highest BCUT2D eigenvalue weighted by Crippen LogP contribution is 2.28. The summed E-state index contributed by atoms with van der Waals surface area (Å²) in [4.78, 5) is 14.4. The van der Waals surface area contributed by atoms with E-state index in [1.807, 2.05) is 5.38 Å². The van der Waals surface area contributed by atoms with Crippen LogP contribution in [-0.4, -0.2) is 4.98 Å². The van der Waals surface area contributed by atoms with E-state index in [2.05, 4.69) is 4.98 Å². The van der Waals surface area contributed by atoms with Crippen LogP contribution >= 0.6 is 20.7 Å². The molecular formula is C5H3NOS2. The molecule has 0 spiro atoms. The Morgan fingerprint density at radius 2 is 2.44 bits per heavy atom. The van der Waals surface area contributed by atoms with Crippen LogP contribution in [0, 0.1) is 0 Å². The summed E-state index contributed by atoms with van der Waals surface area (Å²) in [6.45, 7) is 0. The zero-order chi connectivity index (χ0) is 6.27. The van der Waals surface area contributed by atoms with Crippen molar-refractivity contribution in [2.24, 2.45) is 0 Å². The van der Waals surface area contributed by atoms with Crippen molar-refractivity contribution in [3.63, 3.8) is 0 Å². The molecule has 0 aliphatic carbocycles. The largest absolute Gasteiger partial charge is 0.320 e. The van der Waals surface area contributed by atoms with Gasteiger partial charge >= 0.3 is 0 Å². The van der Waals surface area contributed by atoms with E-state index in [0.717, 1.165) is 10.6 Å². The molecule has 0 atom stereocenters. The summed E-state index contributed by atoms with van der Waals surface area (Å²) < 4.78 is 0. The minimum Gasteiger partial charge on any atom is -0.320 e. The summed E-state index contributed by atoms with van der Waals surface area (Å²) in [7, 11) is 3.26. The number of nitrogens with one attached hydrogen (secondary N) is 1. The van der Waals surface area contributed by atoms with Crippen molar-refractivity contribution in [2.45, 2.75) is 0 Å². The molecule has 0 aromatic heterocycles. The second-order valence-electron chi connectivity index (χ2n) is 1.71. The molecule has 2 rings (SSSR count). The predicted octanol–water partition coefficient (Wildman–Crippen LogP) is 1.60. The molecule has 0 unspecified atom stereocenters. The van der Waals surface area contributed by atoms with Crippen LogP contribution < -0.4 is 5.56 Å². The average Bonchev–Trinajstić information content (AvgIpc) is 2.22. The second-order valence-corrected chi connectivity index (χ2v) is 3.82. The molecule has 0 saturated heterocycles. The Morgan fingerprint density at radius 1 is 1.56 bits per heavy atom. The monoisotopic (exact) mass is 157 g/mol. The fraction of sp³-hybridized carbons (Fsp3) is 0. The molecule has 0 radical (unpaired) electrons. The van der Waals surface area contributed by atoms with E-state index in [4.69, 9.17) is 0 Å². The smallest absolute Gasteiger partial charge is 0.249 e. The molecule has 0 amide bonds. The number of rotatable bonds is 0. The summed E-state index contributed by atoms with van der Waals surface area (Å²) in [6.07, 6.45) is 0. The molecule has 2 aliphatic heterocycles. The molecule has 0 saturated carbocycles. The first-order chi connectivity index (χ1) is 4.36. The van der Waals surface area contributed by atoms with Crippen LogP contribution in [0.4, 0.5) is 0 Å². The van der Waals surface area contributed by atoms with Crippen LogP contribution in [0.25, 0.3) is 10.6 Å². The van der Waals surface area contributed by atoms with Gasteiger partial charge in [-0.2, -0.15) is 0 Å². The molecule has 9 heavy (non-hydrogen) atoms. The van der Waals surface area contributed by atoms with Gasteiger partial charge in [-0.15, -0.1) is 0 Å². The SMILES string of the molecule is O=c1cc2sscc-2[nH]1. The number of hydrogen-bond acceptors (Lipinski definition) is 3. The highest BCUT2D eigenvalue weighted by molar-refractivity contribution is 7.70. The number of aromatic nitrogens is 1. The van der Waals surface area contributed by atoms with Crippen molar-refractivity contribution in [3.05, 3.63) is 21.8 Å². The van der Waals surface area contributed by atoms with Gasteiger partial charge in [-0.25, -0.2) is 0 Å². The van der Waals surface area contributed by atoms with Gasteiger partial charge in [0.2, 0.25) is 5.56 Å². The normalized spacial score (nSPS) is 10.7. The van der Waals surface area contributed by atoms with Crippen LogP contribution in [0.1, 0.15) is 0 Å². The Kier molecular flexibility index (Phi) is 0.972. The van der Waals surface area contributed by atoms with Crippen LogP contribution in [0.15, 0.2) is 16.2 Å². The minimum absolute atomic E-state index is 0.00375. The first-order valence-corrected chi connectivity index (χ1v) is 4.64. The minimum atomic E-state index is 0.00375. The molecular weight excluding hydrogens is 154 g/mol. The molecule has 2 aliphatic rings. The van der Waals surface area contributed by atoms with Crippen molar-refractivity contribution in [1.29, 1.82) is 0 Å². The Balaban J connectivity index is 2.91. The lowest BCUT2D eigenvalue weighted by atomic mass is 10.4. The standard InChI is InChI=1S/C5H3NOS2/c7-5-1-4-3(6-5)2-8-9-4/h1-2H,(H,6,7). The van der Waals surface area contributed by atoms with Gasteiger partial charge in [0.25, 0.3) is 0 Å². The van der Waals surface area contributed by atoms with E-state index in [1.54, 1.807) is 26.7 Å². The third kappa shape index (κ3) is 0.710. The fourth-order valence-electron chi connectivity index (χ4n) is 0.708. The Labute approximate surface area is 58.5 Å². The number of H-pyrrole nitrogens is 1. The van der Waals surface area contributed by atoms with Gasteiger partial charge in [0, 0.05) is 11.4 Å². The number of hydrogen-bond donors (Lipinski definition) is 1. The van der Waals surface area contributed by atoms with E-state index in [9.17, 15) is 4.79 Å².